The molecule has 25 heavy (non-hydrogen) atoms. The number of rotatable bonds is 5. The highest BCUT2D eigenvalue weighted by molar-refractivity contribution is 5.78. The first-order chi connectivity index (χ1) is 12.1. The summed E-state index contributed by atoms with van der Waals surface area (Å²) in [6.07, 6.45) is 4.41. The topological polar surface area (TPSA) is 88.0 Å². The second-order valence-corrected chi connectivity index (χ2v) is 7.23. The van der Waals surface area contributed by atoms with Crippen molar-refractivity contribution in [3.8, 4) is 0 Å². The number of aromatic nitrogens is 1. The predicted molar refractivity (Wildman–Crippen MR) is 97.5 cm³/mol. The predicted octanol–water partition coefficient (Wildman–Crippen LogP) is 2.64. The molecule has 2 aliphatic rings. The molecule has 1 amide bonds. The second kappa shape index (κ2) is 6.39. The van der Waals surface area contributed by atoms with Crippen LogP contribution in [-0.4, -0.2) is 16.9 Å². The van der Waals surface area contributed by atoms with Crippen molar-refractivity contribution >= 4 is 11.6 Å². The summed E-state index contributed by atoms with van der Waals surface area (Å²) >= 11 is 0. The molecule has 0 spiro atoms. The molecule has 2 aromatic rings. The van der Waals surface area contributed by atoms with Gasteiger partial charge in [-0.05, 0) is 55.4 Å². The zero-order chi connectivity index (χ0) is 17.4. The van der Waals surface area contributed by atoms with Gasteiger partial charge in [-0.25, -0.2) is 0 Å². The van der Waals surface area contributed by atoms with Gasteiger partial charge in [0.15, 0.2) is 0 Å². The molecule has 5 heteroatoms. The van der Waals surface area contributed by atoms with E-state index in [1.54, 1.807) is 0 Å². The van der Waals surface area contributed by atoms with Gasteiger partial charge < -0.3 is 16.0 Å². The molecule has 1 saturated heterocycles. The molecule has 1 unspecified atom stereocenters. The Hall–Kier alpha value is -2.56. The van der Waals surface area contributed by atoms with Gasteiger partial charge in [0.25, 0.3) is 5.56 Å². The maximum absolute atomic E-state index is 12.5. The molecule has 0 radical (unpaired) electrons. The van der Waals surface area contributed by atoms with Crippen molar-refractivity contribution in [2.24, 2.45) is 0 Å². The Morgan fingerprint density at radius 1 is 1.04 bits per heavy atom. The lowest BCUT2D eigenvalue weighted by molar-refractivity contribution is -0.119. The van der Waals surface area contributed by atoms with Crippen molar-refractivity contribution in [3.05, 3.63) is 63.6 Å². The van der Waals surface area contributed by atoms with Gasteiger partial charge in [0.05, 0.1) is 0 Å². The van der Waals surface area contributed by atoms with E-state index in [4.69, 9.17) is 5.73 Å². The molecule has 4 rings (SSSR count). The van der Waals surface area contributed by atoms with Gasteiger partial charge in [-0.2, -0.15) is 0 Å². The van der Waals surface area contributed by atoms with E-state index in [1.165, 1.54) is 0 Å². The van der Waals surface area contributed by atoms with Crippen molar-refractivity contribution in [2.75, 3.05) is 5.73 Å². The molecule has 2 fully saturated rings. The summed E-state index contributed by atoms with van der Waals surface area (Å²) in [5.41, 5.74) is 9.46. The molecule has 5 nitrogen and oxygen atoms in total. The van der Waals surface area contributed by atoms with Crippen LogP contribution in [0.25, 0.3) is 0 Å². The fraction of sp³-hybridized carbons (Fsp3) is 0.400. The van der Waals surface area contributed by atoms with E-state index < -0.39 is 0 Å². The monoisotopic (exact) mass is 337 g/mol. The molecule has 1 aromatic carbocycles. The first kappa shape index (κ1) is 15.9. The number of H-pyrrole nitrogens is 1. The Labute approximate surface area is 146 Å². The van der Waals surface area contributed by atoms with Crippen molar-refractivity contribution in [2.45, 2.75) is 50.0 Å². The van der Waals surface area contributed by atoms with E-state index in [9.17, 15) is 9.59 Å². The molecule has 1 saturated carbocycles. The fourth-order valence-electron chi connectivity index (χ4n) is 3.73. The second-order valence-electron chi connectivity index (χ2n) is 7.23. The zero-order valence-electron chi connectivity index (χ0n) is 14.1. The number of benzene rings is 1. The summed E-state index contributed by atoms with van der Waals surface area (Å²) in [4.78, 5) is 27.1. The van der Waals surface area contributed by atoms with E-state index in [-0.39, 0.29) is 23.4 Å². The minimum Gasteiger partial charge on any atom is -0.399 e. The van der Waals surface area contributed by atoms with Gasteiger partial charge >= 0.3 is 0 Å². The molecular formula is C20H23N3O2. The van der Waals surface area contributed by atoms with Crippen LogP contribution in [0.2, 0.25) is 0 Å². The highest BCUT2D eigenvalue weighted by Crippen LogP contribution is 2.38. The number of carbonyl (C=O) groups is 1. The first-order valence-corrected chi connectivity index (χ1v) is 8.98. The SMILES string of the molecule is Nc1ccc(C(C[C@H]2CCC(=O)N2)c2ccc(C3CC3)c(=O)[nH]2)cc1. The molecule has 1 aliphatic carbocycles. The van der Waals surface area contributed by atoms with Crippen LogP contribution in [0.15, 0.2) is 41.2 Å². The van der Waals surface area contributed by atoms with Crippen LogP contribution in [0.5, 0.6) is 0 Å². The third kappa shape index (κ3) is 3.45. The lowest BCUT2D eigenvalue weighted by Gasteiger charge is -2.22. The van der Waals surface area contributed by atoms with Crippen LogP contribution >= 0.6 is 0 Å². The molecule has 2 atom stereocenters. The average Bonchev–Trinajstić information content (AvgIpc) is 3.35. The normalized spacial score (nSPS) is 21.1. The molecule has 2 heterocycles. The van der Waals surface area contributed by atoms with Crippen molar-refractivity contribution in [1.82, 2.24) is 10.3 Å². The zero-order valence-corrected chi connectivity index (χ0v) is 14.1. The smallest absolute Gasteiger partial charge is 0.251 e. The van der Waals surface area contributed by atoms with Gasteiger partial charge in [0, 0.05) is 35.3 Å². The molecule has 0 bridgehead atoms. The van der Waals surface area contributed by atoms with Gasteiger partial charge in [0.1, 0.15) is 0 Å². The van der Waals surface area contributed by atoms with Crippen LogP contribution in [-0.2, 0) is 4.79 Å². The Morgan fingerprint density at radius 3 is 2.40 bits per heavy atom. The van der Waals surface area contributed by atoms with Crippen LogP contribution in [0, 0.1) is 0 Å². The summed E-state index contributed by atoms with van der Waals surface area (Å²) in [7, 11) is 0. The van der Waals surface area contributed by atoms with Crippen LogP contribution < -0.4 is 16.6 Å². The lowest BCUT2D eigenvalue weighted by atomic mass is 9.88. The van der Waals surface area contributed by atoms with Crippen LogP contribution in [0.3, 0.4) is 0 Å². The molecule has 1 aromatic heterocycles. The van der Waals surface area contributed by atoms with Gasteiger partial charge in [0.2, 0.25) is 5.91 Å². The van der Waals surface area contributed by atoms with Gasteiger partial charge in [-0.15, -0.1) is 0 Å². The quantitative estimate of drug-likeness (QED) is 0.733. The standard InChI is InChI=1S/C20H23N3O2/c21-14-5-3-13(4-6-14)17(11-15-7-10-19(24)22-15)18-9-8-16(12-1-2-12)20(25)23-18/h3-6,8-9,12,15,17H,1-2,7,10-11,21H2,(H,22,24)(H,23,25)/t15-,17?/m1/s1. The number of nitrogens with two attached hydrogens (primary N) is 1. The minimum absolute atomic E-state index is 0.0240. The number of hydrogen-bond acceptors (Lipinski definition) is 3. The van der Waals surface area contributed by atoms with Gasteiger partial charge in [-0.3, -0.25) is 9.59 Å². The Morgan fingerprint density at radius 2 is 1.80 bits per heavy atom. The number of amides is 1. The summed E-state index contributed by atoms with van der Waals surface area (Å²) in [5, 5.41) is 3.03. The maximum Gasteiger partial charge on any atom is 0.251 e. The molecule has 130 valence electrons. The number of aromatic amines is 1. The minimum atomic E-state index is 0.0240. The molecule has 1 aliphatic heterocycles. The summed E-state index contributed by atoms with van der Waals surface area (Å²) < 4.78 is 0. The Bertz CT molecular complexity index is 837. The number of pyridine rings is 1. The number of anilines is 1. The van der Waals surface area contributed by atoms with E-state index in [2.05, 4.69) is 10.3 Å². The number of carbonyl (C=O) groups excluding carboxylic acids is 1. The van der Waals surface area contributed by atoms with Crippen LogP contribution in [0.1, 0.15) is 60.8 Å². The largest absolute Gasteiger partial charge is 0.399 e. The molecule has 4 N–H and O–H groups in total. The summed E-state index contributed by atoms with van der Waals surface area (Å²) in [6.45, 7) is 0. The third-order valence-corrected chi connectivity index (χ3v) is 5.30. The highest BCUT2D eigenvalue weighted by Gasteiger charge is 2.29. The van der Waals surface area contributed by atoms with Gasteiger partial charge in [-0.1, -0.05) is 18.2 Å². The van der Waals surface area contributed by atoms with E-state index in [0.717, 1.165) is 42.5 Å². The highest BCUT2D eigenvalue weighted by atomic mass is 16.2. The lowest BCUT2D eigenvalue weighted by Crippen LogP contribution is -2.28. The van der Waals surface area contributed by atoms with Crippen LogP contribution in [0.4, 0.5) is 5.69 Å². The van der Waals surface area contributed by atoms with E-state index in [0.29, 0.717) is 18.0 Å². The average molecular weight is 337 g/mol. The summed E-state index contributed by atoms with van der Waals surface area (Å²) in [5.74, 6) is 0.575. The molecular weight excluding hydrogens is 314 g/mol. The van der Waals surface area contributed by atoms with Crippen molar-refractivity contribution in [1.29, 1.82) is 0 Å². The first-order valence-electron chi connectivity index (χ1n) is 8.98. The third-order valence-electron chi connectivity index (χ3n) is 5.30. The Kier molecular flexibility index (Phi) is 4.07. The van der Waals surface area contributed by atoms with E-state index >= 15 is 0 Å². The number of hydrogen-bond donors (Lipinski definition) is 3. The van der Waals surface area contributed by atoms with Crippen molar-refractivity contribution in [3.63, 3.8) is 0 Å². The summed E-state index contributed by atoms with van der Waals surface area (Å²) in [6, 6.07) is 11.9. The Balaban J connectivity index is 1.66. The number of nitrogens with one attached hydrogen (secondary N) is 2. The fourth-order valence-corrected chi connectivity index (χ4v) is 3.73. The maximum atomic E-state index is 12.5. The van der Waals surface area contributed by atoms with Crippen molar-refractivity contribution < 1.29 is 4.79 Å². The van der Waals surface area contributed by atoms with E-state index in [1.807, 2.05) is 36.4 Å². The number of nitrogen functional groups attached to an aromatic ring is 1.